The number of Topliss-reactive ketones (excluding diaryl/α,β-unsaturated/α-hetero) is 1. The molecule has 6 heteroatoms. The normalized spacial score (nSPS) is 35.4. The van der Waals surface area contributed by atoms with Gasteiger partial charge in [0.1, 0.15) is 0 Å². The highest BCUT2D eigenvalue weighted by Gasteiger charge is 2.58. The van der Waals surface area contributed by atoms with Gasteiger partial charge in [0.15, 0.2) is 22.4 Å². The van der Waals surface area contributed by atoms with E-state index in [1.54, 1.807) is 0 Å². The second-order valence-electron chi connectivity index (χ2n) is 18.9. The van der Waals surface area contributed by atoms with Crippen molar-refractivity contribution in [2.75, 3.05) is 26.3 Å². The van der Waals surface area contributed by atoms with E-state index in [1.165, 1.54) is 44.1 Å². The topological polar surface area (TPSA) is 38.8 Å². The average molecular weight is 644 g/mol. The highest BCUT2D eigenvalue weighted by Crippen LogP contribution is 2.64. The molecule has 0 unspecified atom stereocenters. The molecule has 0 aromatic heterocycles. The van der Waals surface area contributed by atoms with Crippen molar-refractivity contribution < 1.29 is 13.6 Å². The second-order valence-corrected chi connectivity index (χ2v) is 28.5. The average Bonchev–Trinajstić information content (AvgIpc) is 3.22. The van der Waals surface area contributed by atoms with E-state index in [9.17, 15) is 4.79 Å². The number of hydrogen-bond donors (Lipinski definition) is 0. The summed E-state index contributed by atoms with van der Waals surface area (Å²) in [5, 5.41) is 0.336. The first-order valence-electron chi connectivity index (χ1n) is 18.1. The fraction of sp³-hybridized carbons (Fsp3) is 0.868. The lowest BCUT2D eigenvalue weighted by Crippen LogP contribution is -2.54. The zero-order valence-corrected chi connectivity index (χ0v) is 33.0. The maximum absolute atomic E-state index is 13.9. The molecular formula is C38H69NO3Si2. The first kappa shape index (κ1) is 36.1. The summed E-state index contributed by atoms with van der Waals surface area (Å²) in [7, 11) is -3.88. The summed E-state index contributed by atoms with van der Waals surface area (Å²) < 4.78 is 14.1. The lowest BCUT2D eigenvalue weighted by Gasteiger charge is -2.57. The quantitative estimate of drug-likeness (QED) is 0.150. The van der Waals surface area contributed by atoms with Crippen LogP contribution >= 0.6 is 0 Å². The van der Waals surface area contributed by atoms with E-state index in [0.29, 0.717) is 36.6 Å². The van der Waals surface area contributed by atoms with E-state index < -0.39 is 16.6 Å². The number of piperidine rings is 1. The van der Waals surface area contributed by atoms with Crippen LogP contribution in [-0.4, -0.2) is 53.6 Å². The molecule has 4 fully saturated rings. The highest BCUT2D eigenvalue weighted by molar-refractivity contribution is 6.74. The van der Waals surface area contributed by atoms with Gasteiger partial charge in [0, 0.05) is 44.5 Å². The van der Waals surface area contributed by atoms with Gasteiger partial charge in [-0.25, -0.2) is 0 Å². The van der Waals surface area contributed by atoms with Gasteiger partial charge in [-0.2, -0.15) is 0 Å². The van der Waals surface area contributed by atoms with Crippen LogP contribution in [0.2, 0.25) is 36.3 Å². The lowest BCUT2D eigenvalue weighted by atomic mass is 9.49. The molecule has 1 aliphatic heterocycles. The maximum Gasteiger partial charge on any atom is 0.191 e. The Labute approximate surface area is 274 Å². The zero-order valence-electron chi connectivity index (χ0n) is 31.0. The van der Waals surface area contributed by atoms with E-state index in [4.69, 9.17) is 8.85 Å². The van der Waals surface area contributed by atoms with Crippen LogP contribution in [0.3, 0.4) is 0 Å². The van der Waals surface area contributed by atoms with Crippen molar-refractivity contribution in [3.63, 3.8) is 0 Å². The first-order valence-corrected chi connectivity index (χ1v) is 23.9. The maximum atomic E-state index is 13.9. The van der Waals surface area contributed by atoms with Crippen molar-refractivity contribution >= 4 is 22.4 Å². The monoisotopic (exact) mass is 643 g/mol. The minimum atomic E-state index is -1.96. The van der Waals surface area contributed by atoms with Crippen LogP contribution in [-0.2, 0) is 13.6 Å². The summed E-state index contributed by atoms with van der Waals surface area (Å²) >= 11 is 0. The molecular weight excluding hydrogens is 575 g/mol. The number of nitrogens with zero attached hydrogens (tertiary/aromatic N) is 1. The molecule has 1 heterocycles. The van der Waals surface area contributed by atoms with Gasteiger partial charge in [-0.05, 0) is 122 Å². The Kier molecular flexibility index (Phi) is 10.5. The van der Waals surface area contributed by atoms with Gasteiger partial charge in [0.05, 0.1) is 0 Å². The molecule has 6 atom stereocenters. The standard InChI is InChI=1S/C38H69NO3Si2/c1-28-17-18-32-31(27-42-44(12,13)36(5,6)7)33(19-20-37(28,32)8)38(9)24-29(25-39-21-15-14-16-22-39)34(40)23-30(38)26-41-43(10,11)35(2,3)4/h25,30-33H,1,14-24,26-27H2,2-13H3/b29-25+/t30-,31+,32+,33+,37-,38+/m1/s1. The van der Waals surface area contributed by atoms with E-state index in [1.807, 2.05) is 0 Å². The number of rotatable bonds is 8. The summed E-state index contributed by atoms with van der Waals surface area (Å²) in [6.07, 6.45) is 12.3. The predicted molar refractivity (Wildman–Crippen MR) is 192 cm³/mol. The Balaban J connectivity index is 1.73. The molecule has 0 aromatic carbocycles. The zero-order chi connectivity index (χ0) is 32.9. The molecule has 0 bridgehead atoms. The minimum absolute atomic E-state index is 0.00932. The summed E-state index contributed by atoms with van der Waals surface area (Å²) in [6.45, 7) is 37.0. The van der Waals surface area contributed by atoms with Gasteiger partial charge in [-0.3, -0.25) is 4.79 Å². The Bertz CT molecular complexity index is 1090. The number of ketones is 1. The van der Waals surface area contributed by atoms with Gasteiger partial charge in [0.25, 0.3) is 0 Å². The predicted octanol–water partition coefficient (Wildman–Crippen LogP) is 10.4. The molecule has 0 radical (unpaired) electrons. The SMILES string of the molecule is C=C1CC[C@H]2[C@H](CO[Si](C)(C)C(C)(C)C)[C@@H]([C@@]3(C)C/C(=C\N4CCCCC4)C(=O)C[C@@H]3CO[Si](C)(C)C(C)(C)C)CC[C@]12C. The third-order valence-electron chi connectivity index (χ3n) is 14.2. The van der Waals surface area contributed by atoms with E-state index in [-0.39, 0.29) is 26.8 Å². The molecule has 1 saturated heterocycles. The molecule has 0 N–H and O–H groups in total. The third kappa shape index (κ3) is 7.09. The number of fused-ring (bicyclic) bond motifs is 1. The summed E-state index contributed by atoms with van der Waals surface area (Å²) in [6, 6.07) is 0. The van der Waals surface area contributed by atoms with Crippen molar-refractivity contribution in [3.8, 4) is 0 Å². The molecule has 4 nitrogen and oxygen atoms in total. The third-order valence-corrected chi connectivity index (χ3v) is 23.2. The van der Waals surface area contributed by atoms with Crippen molar-refractivity contribution in [2.24, 2.45) is 34.5 Å². The van der Waals surface area contributed by atoms with Crippen molar-refractivity contribution in [1.29, 1.82) is 0 Å². The van der Waals surface area contributed by atoms with Crippen LogP contribution in [0.1, 0.15) is 113 Å². The van der Waals surface area contributed by atoms with E-state index in [0.717, 1.165) is 38.1 Å². The summed E-state index contributed by atoms with van der Waals surface area (Å²) in [5.74, 6) is 2.18. The summed E-state index contributed by atoms with van der Waals surface area (Å²) in [5.41, 5.74) is 2.74. The van der Waals surface area contributed by atoms with E-state index >= 15 is 0 Å². The van der Waals surface area contributed by atoms with Gasteiger partial charge in [0.2, 0.25) is 0 Å². The van der Waals surface area contributed by atoms with Crippen molar-refractivity contribution in [3.05, 3.63) is 23.9 Å². The Morgan fingerprint density at radius 1 is 0.886 bits per heavy atom. The second kappa shape index (κ2) is 12.7. The molecule has 252 valence electrons. The largest absolute Gasteiger partial charge is 0.417 e. The lowest BCUT2D eigenvalue weighted by molar-refractivity contribution is -0.126. The van der Waals surface area contributed by atoms with Crippen LogP contribution in [0.25, 0.3) is 0 Å². The summed E-state index contributed by atoms with van der Waals surface area (Å²) in [4.78, 5) is 16.4. The van der Waals surface area contributed by atoms with Gasteiger partial charge in [-0.1, -0.05) is 67.5 Å². The molecule has 44 heavy (non-hydrogen) atoms. The molecule has 0 aromatic rings. The highest BCUT2D eigenvalue weighted by atomic mass is 28.4. The number of carbonyl (C=O) groups is 1. The number of likely N-dealkylation sites (tertiary alicyclic amines) is 1. The van der Waals surface area contributed by atoms with Gasteiger partial charge < -0.3 is 13.8 Å². The Hall–Kier alpha value is -0.696. The van der Waals surface area contributed by atoms with E-state index in [2.05, 4.69) is 99.3 Å². The molecule has 0 spiro atoms. The van der Waals surface area contributed by atoms with Crippen LogP contribution in [0.5, 0.6) is 0 Å². The molecule has 4 rings (SSSR count). The van der Waals surface area contributed by atoms with Crippen molar-refractivity contribution in [1.82, 2.24) is 4.90 Å². The first-order chi connectivity index (χ1) is 20.1. The minimum Gasteiger partial charge on any atom is -0.417 e. The van der Waals surface area contributed by atoms with Crippen molar-refractivity contribution in [2.45, 2.75) is 149 Å². The molecule has 4 aliphatic rings. The molecule has 0 amide bonds. The van der Waals surface area contributed by atoms with Gasteiger partial charge in [-0.15, -0.1) is 0 Å². The smallest absolute Gasteiger partial charge is 0.191 e. The fourth-order valence-corrected chi connectivity index (χ4v) is 10.7. The van der Waals surface area contributed by atoms with Crippen LogP contribution in [0.15, 0.2) is 23.9 Å². The number of carbonyl (C=O) groups excluding carboxylic acids is 1. The Morgan fingerprint density at radius 2 is 1.45 bits per heavy atom. The van der Waals surface area contributed by atoms with Crippen LogP contribution < -0.4 is 0 Å². The number of hydrogen-bond acceptors (Lipinski definition) is 4. The van der Waals surface area contributed by atoms with Gasteiger partial charge >= 0.3 is 0 Å². The number of allylic oxidation sites excluding steroid dienone is 2. The van der Waals surface area contributed by atoms with Crippen LogP contribution in [0, 0.1) is 34.5 Å². The van der Waals surface area contributed by atoms with Crippen LogP contribution in [0.4, 0.5) is 0 Å². The fourth-order valence-electron chi connectivity index (χ4n) is 8.60. The Morgan fingerprint density at radius 3 is 2.02 bits per heavy atom. The molecule has 3 aliphatic carbocycles. The molecule has 3 saturated carbocycles.